The predicted octanol–water partition coefficient (Wildman–Crippen LogP) is 2.93. The molecule has 0 radical (unpaired) electrons. The van der Waals surface area contributed by atoms with Gasteiger partial charge in [-0.1, -0.05) is 11.6 Å². The minimum atomic E-state index is 0.302. The molecule has 1 heterocycles. The van der Waals surface area contributed by atoms with E-state index in [-0.39, 0.29) is 0 Å². The van der Waals surface area contributed by atoms with E-state index < -0.39 is 0 Å². The van der Waals surface area contributed by atoms with Gasteiger partial charge in [-0.25, -0.2) is 4.98 Å². The van der Waals surface area contributed by atoms with Crippen LogP contribution in [0.3, 0.4) is 0 Å². The molecule has 0 bridgehead atoms. The largest absolute Gasteiger partial charge is 0.397 e. The monoisotopic (exact) mass is 257 g/mol. The fourth-order valence-electron chi connectivity index (χ4n) is 1.34. The third kappa shape index (κ3) is 5.75. The lowest BCUT2D eigenvalue weighted by molar-refractivity contribution is 0.0765. The number of unbranched alkanes of at least 4 members (excludes halogenated alkanes) is 1. The molecule has 1 aromatic rings. The summed E-state index contributed by atoms with van der Waals surface area (Å²) < 4.78 is 5.45. The summed E-state index contributed by atoms with van der Waals surface area (Å²) in [5, 5.41) is 3.73. The number of halogens is 1. The van der Waals surface area contributed by atoms with Crippen LogP contribution in [0.1, 0.15) is 26.7 Å². The van der Waals surface area contributed by atoms with Crippen LogP contribution in [0.4, 0.5) is 11.5 Å². The van der Waals surface area contributed by atoms with Crippen molar-refractivity contribution < 1.29 is 4.74 Å². The first-order chi connectivity index (χ1) is 8.09. The first kappa shape index (κ1) is 14.1. The van der Waals surface area contributed by atoms with Crippen LogP contribution in [0.25, 0.3) is 0 Å². The lowest BCUT2D eigenvalue weighted by Crippen LogP contribution is -2.08. The molecule has 0 spiro atoms. The van der Waals surface area contributed by atoms with Gasteiger partial charge in [-0.2, -0.15) is 0 Å². The Morgan fingerprint density at radius 3 is 2.88 bits per heavy atom. The van der Waals surface area contributed by atoms with Crippen molar-refractivity contribution in [3.63, 3.8) is 0 Å². The first-order valence-electron chi connectivity index (χ1n) is 5.86. The van der Waals surface area contributed by atoms with E-state index in [1.165, 1.54) is 0 Å². The number of rotatable bonds is 7. The molecule has 3 N–H and O–H groups in total. The van der Waals surface area contributed by atoms with Crippen LogP contribution in [-0.4, -0.2) is 24.2 Å². The van der Waals surface area contributed by atoms with Crippen molar-refractivity contribution in [1.29, 1.82) is 0 Å². The van der Waals surface area contributed by atoms with Crippen molar-refractivity contribution in [2.24, 2.45) is 0 Å². The maximum Gasteiger partial charge on any atom is 0.144 e. The highest BCUT2D eigenvalue weighted by Gasteiger charge is 2.01. The van der Waals surface area contributed by atoms with Crippen LogP contribution in [-0.2, 0) is 4.74 Å². The topological polar surface area (TPSA) is 60.2 Å². The standard InChI is InChI=1S/C12H20ClN3O/c1-9(2)17-6-4-3-5-15-12-11(13)7-10(14)8-16-12/h7-9H,3-6,14H2,1-2H3,(H,15,16). The molecule has 5 heteroatoms. The second-order valence-corrected chi connectivity index (χ2v) is 4.56. The van der Waals surface area contributed by atoms with E-state index in [1.54, 1.807) is 12.3 Å². The van der Waals surface area contributed by atoms with E-state index >= 15 is 0 Å². The van der Waals surface area contributed by atoms with Crippen LogP contribution >= 0.6 is 11.6 Å². The predicted molar refractivity (Wildman–Crippen MR) is 72.5 cm³/mol. The number of aromatic nitrogens is 1. The Balaban J connectivity index is 2.18. The minimum absolute atomic E-state index is 0.302. The molecule has 0 amide bonds. The van der Waals surface area contributed by atoms with Crippen molar-refractivity contribution in [2.45, 2.75) is 32.8 Å². The van der Waals surface area contributed by atoms with Gasteiger partial charge in [0.15, 0.2) is 0 Å². The average molecular weight is 258 g/mol. The molecule has 0 saturated carbocycles. The van der Waals surface area contributed by atoms with Gasteiger partial charge in [-0.15, -0.1) is 0 Å². The summed E-state index contributed by atoms with van der Waals surface area (Å²) in [5.41, 5.74) is 6.13. The van der Waals surface area contributed by atoms with Gasteiger partial charge in [-0.05, 0) is 32.8 Å². The number of nitrogens with zero attached hydrogens (tertiary/aromatic N) is 1. The number of nitrogens with two attached hydrogens (primary N) is 1. The molecule has 0 atom stereocenters. The van der Waals surface area contributed by atoms with Gasteiger partial charge < -0.3 is 15.8 Å². The molecule has 96 valence electrons. The molecule has 0 aliphatic carbocycles. The molecular weight excluding hydrogens is 238 g/mol. The number of pyridine rings is 1. The van der Waals surface area contributed by atoms with E-state index in [0.717, 1.165) is 26.0 Å². The number of anilines is 2. The van der Waals surface area contributed by atoms with E-state index in [1.807, 2.05) is 13.8 Å². The Kier molecular flexibility index (Phi) is 6.08. The molecular formula is C12H20ClN3O. The second-order valence-electron chi connectivity index (χ2n) is 4.15. The average Bonchev–Trinajstić information content (AvgIpc) is 2.25. The number of hydrogen-bond donors (Lipinski definition) is 2. The lowest BCUT2D eigenvalue weighted by Gasteiger charge is -2.09. The molecule has 0 aromatic carbocycles. The molecule has 0 saturated heterocycles. The Hall–Kier alpha value is -1.00. The van der Waals surface area contributed by atoms with Crippen LogP contribution in [0.2, 0.25) is 5.02 Å². The summed E-state index contributed by atoms with van der Waals surface area (Å²) in [6, 6.07) is 1.69. The molecule has 0 unspecified atom stereocenters. The fraction of sp³-hybridized carbons (Fsp3) is 0.583. The summed E-state index contributed by atoms with van der Waals surface area (Å²) >= 11 is 5.98. The molecule has 1 rings (SSSR count). The van der Waals surface area contributed by atoms with Crippen molar-refractivity contribution in [2.75, 3.05) is 24.2 Å². The zero-order valence-electron chi connectivity index (χ0n) is 10.4. The van der Waals surface area contributed by atoms with Crippen LogP contribution in [0.5, 0.6) is 0 Å². The fourth-order valence-corrected chi connectivity index (χ4v) is 1.58. The number of nitrogens with one attached hydrogen (secondary N) is 1. The zero-order valence-corrected chi connectivity index (χ0v) is 11.1. The molecule has 17 heavy (non-hydrogen) atoms. The third-order valence-electron chi connectivity index (χ3n) is 2.18. The summed E-state index contributed by atoms with van der Waals surface area (Å²) in [6.45, 7) is 5.70. The van der Waals surface area contributed by atoms with Gasteiger partial charge in [0.1, 0.15) is 5.82 Å². The Morgan fingerprint density at radius 2 is 2.24 bits per heavy atom. The van der Waals surface area contributed by atoms with Crippen LogP contribution < -0.4 is 11.1 Å². The van der Waals surface area contributed by atoms with Gasteiger partial charge in [0.05, 0.1) is 23.0 Å². The molecule has 4 nitrogen and oxygen atoms in total. The normalized spacial score (nSPS) is 10.8. The third-order valence-corrected chi connectivity index (χ3v) is 2.47. The smallest absolute Gasteiger partial charge is 0.144 e. The van der Waals surface area contributed by atoms with Gasteiger partial charge in [0, 0.05) is 13.2 Å². The van der Waals surface area contributed by atoms with Crippen LogP contribution in [0.15, 0.2) is 12.3 Å². The van der Waals surface area contributed by atoms with E-state index in [2.05, 4.69) is 10.3 Å². The Labute approximate surface area is 108 Å². The summed E-state index contributed by atoms with van der Waals surface area (Å²) in [6.07, 6.45) is 3.94. The van der Waals surface area contributed by atoms with Crippen molar-refractivity contribution in [3.05, 3.63) is 17.3 Å². The number of hydrogen-bond acceptors (Lipinski definition) is 4. The molecule has 0 aliphatic rings. The maximum atomic E-state index is 5.98. The summed E-state index contributed by atoms with van der Waals surface area (Å²) in [4.78, 5) is 4.12. The molecule has 0 fully saturated rings. The van der Waals surface area contributed by atoms with Gasteiger partial charge >= 0.3 is 0 Å². The SMILES string of the molecule is CC(C)OCCCCNc1ncc(N)cc1Cl. The highest BCUT2D eigenvalue weighted by Crippen LogP contribution is 2.20. The van der Waals surface area contributed by atoms with E-state index in [9.17, 15) is 0 Å². The quantitative estimate of drug-likeness (QED) is 0.738. The summed E-state index contributed by atoms with van der Waals surface area (Å²) in [7, 11) is 0. The lowest BCUT2D eigenvalue weighted by atomic mass is 10.3. The van der Waals surface area contributed by atoms with Crippen molar-refractivity contribution in [3.8, 4) is 0 Å². The minimum Gasteiger partial charge on any atom is -0.397 e. The van der Waals surface area contributed by atoms with Crippen molar-refractivity contribution >= 4 is 23.1 Å². The summed E-state index contributed by atoms with van der Waals surface area (Å²) in [5.74, 6) is 0.686. The Bertz CT molecular complexity index is 345. The van der Waals surface area contributed by atoms with Crippen LogP contribution in [0, 0.1) is 0 Å². The van der Waals surface area contributed by atoms with Gasteiger partial charge in [0.2, 0.25) is 0 Å². The van der Waals surface area contributed by atoms with E-state index in [4.69, 9.17) is 22.1 Å². The van der Waals surface area contributed by atoms with E-state index in [0.29, 0.717) is 22.6 Å². The zero-order chi connectivity index (χ0) is 12.7. The highest BCUT2D eigenvalue weighted by molar-refractivity contribution is 6.33. The van der Waals surface area contributed by atoms with Gasteiger partial charge in [0.25, 0.3) is 0 Å². The number of nitrogen functional groups attached to an aromatic ring is 1. The first-order valence-corrected chi connectivity index (χ1v) is 6.24. The molecule has 1 aromatic heterocycles. The van der Waals surface area contributed by atoms with Gasteiger partial charge in [-0.3, -0.25) is 0 Å². The molecule has 0 aliphatic heterocycles. The highest BCUT2D eigenvalue weighted by atomic mass is 35.5. The van der Waals surface area contributed by atoms with Crippen molar-refractivity contribution in [1.82, 2.24) is 4.98 Å². The second kappa shape index (κ2) is 7.35. The Morgan fingerprint density at radius 1 is 1.47 bits per heavy atom. The maximum absolute atomic E-state index is 5.98. The number of ether oxygens (including phenoxy) is 1.